The zero-order chi connectivity index (χ0) is 19.8. The smallest absolute Gasteiger partial charge is 0.220 e. The van der Waals surface area contributed by atoms with E-state index in [0.29, 0.717) is 25.9 Å². The van der Waals surface area contributed by atoms with E-state index in [9.17, 15) is 4.79 Å². The average molecular weight is 379 g/mol. The molecule has 3 aromatic rings. The SMILES string of the molecule is COc1cc(CCC(=O)NCc2ccccc2Cn2cccn2)cc(OC)c1. The summed E-state index contributed by atoms with van der Waals surface area (Å²) in [6, 6.07) is 15.6. The molecule has 0 bridgehead atoms. The molecule has 2 aromatic carbocycles. The molecule has 0 aliphatic carbocycles. The van der Waals surface area contributed by atoms with Crippen LogP contribution in [0.3, 0.4) is 0 Å². The van der Waals surface area contributed by atoms with E-state index >= 15 is 0 Å². The number of amides is 1. The molecule has 6 nitrogen and oxygen atoms in total. The van der Waals surface area contributed by atoms with E-state index in [-0.39, 0.29) is 5.91 Å². The molecule has 0 fully saturated rings. The van der Waals surface area contributed by atoms with Gasteiger partial charge >= 0.3 is 0 Å². The van der Waals surface area contributed by atoms with Gasteiger partial charge in [-0.25, -0.2) is 0 Å². The first kappa shape index (κ1) is 19.5. The van der Waals surface area contributed by atoms with Gasteiger partial charge in [0.15, 0.2) is 0 Å². The molecule has 0 spiro atoms. The molecular weight excluding hydrogens is 354 g/mol. The normalized spacial score (nSPS) is 10.5. The molecule has 0 atom stereocenters. The summed E-state index contributed by atoms with van der Waals surface area (Å²) in [7, 11) is 3.23. The molecule has 0 aliphatic heterocycles. The number of methoxy groups -OCH3 is 2. The van der Waals surface area contributed by atoms with Gasteiger partial charge in [-0.2, -0.15) is 5.10 Å². The molecular formula is C22H25N3O3. The van der Waals surface area contributed by atoms with Gasteiger partial charge in [0.25, 0.3) is 0 Å². The molecule has 1 aromatic heterocycles. The number of aryl methyl sites for hydroxylation is 1. The van der Waals surface area contributed by atoms with E-state index in [4.69, 9.17) is 9.47 Å². The Hall–Kier alpha value is -3.28. The lowest BCUT2D eigenvalue weighted by atomic mass is 10.1. The van der Waals surface area contributed by atoms with Crippen LogP contribution in [0.1, 0.15) is 23.1 Å². The number of ether oxygens (including phenoxy) is 2. The van der Waals surface area contributed by atoms with E-state index in [2.05, 4.69) is 16.5 Å². The molecule has 28 heavy (non-hydrogen) atoms. The standard InChI is InChI=1S/C22H25N3O3/c1-27-20-12-17(13-21(14-20)28-2)8-9-22(26)23-15-18-6-3-4-7-19(18)16-25-11-5-10-24-25/h3-7,10-14H,8-9,15-16H2,1-2H3,(H,23,26). The van der Waals surface area contributed by atoms with Gasteiger partial charge in [-0.1, -0.05) is 24.3 Å². The van der Waals surface area contributed by atoms with Gasteiger partial charge < -0.3 is 14.8 Å². The van der Waals surface area contributed by atoms with E-state index < -0.39 is 0 Å². The predicted molar refractivity (Wildman–Crippen MR) is 107 cm³/mol. The first-order chi connectivity index (χ1) is 13.7. The third-order valence-corrected chi connectivity index (χ3v) is 4.54. The summed E-state index contributed by atoms with van der Waals surface area (Å²) in [5.74, 6) is 1.46. The Morgan fingerprint density at radius 3 is 2.39 bits per heavy atom. The highest BCUT2D eigenvalue weighted by molar-refractivity contribution is 5.76. The summed E-state index contributed by atoms with van der Waals surface area (Å²) in [5.41, 5.74) is 3.24. The number of hydrogen-bond acceptors (Lipinski definition) is 4. The van der Waals surface area contributed by atoms with Crippen molar-refractivity contribution in [1.82, 2.24) is 15.1 Å². The number of nitrogens with zero attached hydrogens (tertiary/aromatic N) is 2. The van der Waals surface area contributed by atoms with Gasteiger partial charge in [0.2, 0.25) is 5.91 Å². The fourth-order valence-electron chi connectivity index (χ4n) is 3.00. The number of carbonyl (C=O) groups excluding carboxylic acids is 1. The van der Waals surface area contributed by atoms with Gasteiger partial charge in [-0.05, 0) is 41.3 Å². The summed E-state index contributed by atoms with van der Waals surface area (Å²) in [4.78, 5) is 12.3. The molecule has 146 valence electrons. The average Bonchev–Trinajstić information content (AvgIpc) is 3.24. The fourth-order valence-corrected chi connectivity index (χ4v) is 3.00. The van der Waals surface area contributed by atoms with Crippen LogP contribution in [0.25, 0.3) is 0 Å². The second-order valence-corrected chi connectivity index (χ2v) is 6.47. The number of hydrogen-bond donors (Lipinski definition) is 1. The second kappa shape index (κ2) is 9.60. The molecule has 1 heterocycles. The first-order valence-electron chi connectivity index (χ1n) is 9.21. The lowest BCUT2D eigenvalue weighted by Gasteiger charge is -2.12. The highest BCUT2D eigenvalue weighted by atomic mass is 16.5. The van der Waals surface area contributed by atoms with Crippen LogP contribution in [0.5, 0.6) is 11.5 Å². The molecule has 1 N–H and O–H groups in total. The van der Waals surface area contributed by atoms with Gasteiger partial charge in [0.1, 0.15) is 11.5 Å². The topological polar surface area (TPSA) is 65.4 Å². The van der Waals surface area contributed by atoms with Crippen molar-refractivity contribution in [3.63, 3.8) is 0 Å². The summed E-state index contributed by atoms with van der Waals surface area (Å²) in [6.45, 7) is 1.18. The Morgan fingerprint density at radius 2 is 1.75 bits per heavy atom. The van der Waals surface area contributed by atoms with Gasteiger partial charge in [-0.3, -0.25) is 9.48 Å². The van der Waals surface area contributed by atoms with Gasteiger partial charge in [0, 0.05) is 31.4 Å². The van der Waals surface area contributed by atoms with Crippen LogP contribution in [0.4, 0.5) is 0 Å². The van der Waals surface area contributed by atoms with Crippen molar-refractivity contribution in [2.24, 2.45) is 0 Å². The maximum Gasteiger partial charge on any atom is 0.220 e. The van der Waals surface area contributed by atoms with Crippen LogP contribution in [-0.2, 0) is 24.3 Å². The number of benzene rings is 2. The Labute approximate surface area is 165 Å². The van der Waals surface area contributed by atoms with Gasteiger partial charge in [0.05, 0.1) is 20.8 Å². The Kier molecular flexibility index (Phi) is 6.68. The van der Waals surface area contributed by atoms with Crippen LogP contribution >= 0.6 is 0 Å². The Balaban J connectivity index is 1.55. The molecule has 3 rings (SSSR count). The molecule has 0 unspecified atom stereocenters. The Bertz CT molecular complexity index is 885. The van der Waals surface area contributed by atoms with Crippen LogP contribution < -0.4 is 14.8 Å². The number of carbonyl (C=O) groups is 1. The fraction of sp³-hybridized carbons (Fsp3) is 0.273. The van der Waals surface area contributed by atoms with Crippen molar-refractivity contribution in [2.75, 3.05) is 14.2 Å². The summed E-state index contributed by atoms with van der Waals surface area (Å²) in [6.07, 6.45) is 4.71. The van der Waals surface area contributed by atoms with E-state index in [1.165, 1.54) is 0 Å². The number of nitrogens with one attached hydrogen (secondary N) is 1. The molecule has 0 saturated carbocycles. The van der Waals surface area contributed by atoms with Crippen molar-refractivity contribution < 1.29 is 14.3 Å². The van der Waals surface area contributed by atoms with Crippen molar-refractivity contribution in [1.29, 1.82) is 0 Å². The summed E-state index contributed by atoms with van der Waals surface area (Å²) < 4.78 is 12.4. The lowest BCUT2D eigenvalue weighted by Crippen LogP contribution is -2.23. The quantitative estimate of drug-likeness (QED) is 0.620. The van der Waals surface area contributed by atoms with Crippen molar-refractivity contribution in [3.8, 4) is 11.5 Å². The summed E-state index contributed by atoms with van der Waals surface area (Å²) >= 11 is 0. The molecule has 6 heteroatoms. The van der Waals surface area contributed by atoms with Crippen LogP contribution in [0, 0.1) is 0 Å². The zero-order valence-electron chi connectivity index (χ0n) is 16.2. The molecule has 0 radical (unpaired) electrons. The monoisotopic (exact) mass is 379 g/mol. The number of rotatable bonds is 9. The molecule has 1 amide bonds. The highest BCUT2D eigenvalue weighted by Gasteiger charge is 2.08. The number of aromatic nitrogens is 2. The van der Waals surface area contributed by atoms with Crippen molar-refractivity contribution in [3.05, 3.63) is 77.6 Å². The predicted octanol–water partition coefficient (Wildman–Crippen LogP) is 3.20. The first-order valence-corrected chi connectivity index (χ1v) is 9.21. The maximum absolute atomic E-state index is 12.3. The minimum absolute atomic E-state index is 0.00989. The molecule has 0 saturated heterocycles. The van der Waals surface area contributed by atoms with Crippen LogP contribution in [-0.4, -0.2) is 29.9 Å². The van der Waals surface area contributed by atoms with Crippen molar-refractivity contribution in [2.45, 2.75) is 25.9 Å². The van der Waals surface area contributed by atoms with Gasteiger partial charge in [-0.15, -0.1) is 0 Å². The zero-order valence-corrected chi connectivity index (χ0v) is 16.2. The van der Waals surface area contributed by atoms with Crippen LogP contribution in [0.15, 0.2) is 60.9 Å². The Morgan fingerprint density at radius 1 is 1.04 bits per heavy atom. The third kappa shape index (κ3) is 5.36. The van der Waals surface area contributed by atoms with E-state index in [1.807, 2.05) is 53.3 Å². The van der Waals surface area contributed by atoms with E-state index in [1.54, 1.807) is 20.4 Å². The second-order valence-electron chi connectivity index (χ2n) is 6.47. The minimum Gasteiger partial charge on any atom is -0.497 e. The van der Waals surface area contributed by atoms with E-state index in [0.717, 1.165) is 28.2 Å². The van der Waals surface area contributed by atoms with Crippen molar-refractivity contribution >= 4 is 5.91 Å². The maximum atomic E-state index is 12.3. The molecule has 0 aliphatic rings. The summed E-state index contributed by atoms with van der Waals surface area (Å²) in [5, 5.41) is 7.26. The highest BCUT2D eigenvalue weighted by Crippen LogP contribution is 2.23. The lowest BCUT2D eigenvalue weighted by molar-refractivity contribution is -0.121. The third-order valence-electron chi connectivity index (χ3n) is 4.54. The minimum atomic E-state index is 0.00989. The van der Waals surface area contributed by atoms with Crippen LogP contribution in [0.2, 0.25) is 0 Å². The largest absolute Gasteiger partial charge is 0.497 e.